The molecule has 22 heavy (non-hydrogen) atoms. The van der Waals surface area contributed by atoms with E-state index in [0.717, 1.165) is 5.56 Å². The van der Waals surface area contributed by atoms with Gasteiger partial charge in [-0.2, -0.15) is 0 Å². The first-order valence-electron chi connectivity index (χ1n) is 7.43. The Morgan fingerprint density at radius 3 is 2.32 bits per heavy atom. The van der Waals surface area contributed by atoms with Crippen LogP contribution in [0.2, 0.25) is 0 Å². The summed E-state index contributed by atoms with van der Waals surface area (Å²) < 4.78 is 5.25. The zero-order valence-electron chi connectivity index (χ0n) is 13.6. The maximum absolute atomic E-state index is 11.9. The summed E-state index contributed by atoms with van der Waals surface area (Å²) in [6, 6.07) is 9.37. The van der Waals surface area contributed by atoms with Gasteiger partial charge in [-0.25, -0.2) is 4.79 Å². The number of carbonyl (C=O) groups excluding carboxylic acids is 1. The van der Waals surface area contributed by atoms with Crippen molar-refractivity contribution >= 4 is 12.1 Å². The summed E-state index contributed by atoms with van der Waals surface area (Å²) in [4.78, 5) is 23.0. The molecule has 0 bridgehead atoms. The van der Waals surface area contributed by atoms with Gasteiger partial charge in [0.1, 0.15) is 5.60 Å². The molecular formula is C17H25NO4. The summed E-state index contributed by atoms with van der Waals surface area (Å²) in [6.07, 6.45) is 0.396. The van der Waals surface area contributed by atoms with E-state index in [1.165, 1.54) is 0 Å². The number of hydrogen-bond acceptors (Lipinski definition) is 3. The molecule has 5 nitrogen and oxygen atoms in total. The summed E-state index contributed by atoms with van der Waals surface area (Å²) in [6.45, 7) is 7.01. The summed E-state index contributed by atoms with van der Waals surface area (Å²) in [5.74, 6) is -1.41. The number of ether oxygens (including phenoxy) is 1. The van der Waals surface area contributed by atoms with Crippen LogP contribution < -0.4 is 5.32 Å². The van der Waals surface area contributed by atoms with Gasteiger partial charge in [0, 0.05) is 6.04 Å². The van der Waals surface area contributed by atoms with E-state index in [1.54, 1.807) is 27.7 Å². The number of amides is 1. The van der Waals surface area contributed by atoms with Crippen LogP contribution in [-0.4, -0.2) is 28.8 Å². The van der Waals surface area contributed by atoms with Crippen molar-refractivity contribution in [1.29, 1.82) is 0 Å². The molecule has 0 aliphatic rings. The van der Waals surface area contributed by atoms with Gasteiger partial charge in [0.2, 0.25) is 0 Å². The highest BCUT2D eigenvalue weighted by Gasteiger charge is 2.23. The molecule has 0 aliphatic heterocycles. The maximum atomic E-state index is 11.9. The Hall–Kier alpha value is -2.04. The van der Waals surface area contributed by atoms with Crippen molar-refractivity contribution in [3.05, 3.63) is 35.9 Å². The lowest BCUT2D eigenvalue weighted by atomic mass is 9.96. The van der Waals surface area contributed by atoms with Crippen LogP contribution in [0, 0.1) is 5.92 Å². The van der Waals surface area contributed by atoms with E-state index in [2.05, 4.69) is 5.32 Å². The first-order chi connectivity index (χ1) is 10.2. The Kier molecular flexibility index (Phi) is 6.40. The highest BCUT2D eigenvalue weighted by molar-refractivity contribution is 5.70. The molecule has 1 rings (SSSR count). The van der Waals surface area contributed by atoms with Gasteiger partial charge >= 0.3 is 12.1 Å². The van der Waals surface area contributed by atoms with E-state index in [-0.39, 0.29) is 6.04 Å². The largest absolute Gasteiger partial charge is 0.481 e. The van der Waals surface area contributed by atoms with Crippen molar-refractivity contribution < 1.29 is 19.4 Å². The van der Waals surface area contributed by atoms with Crippen LogP contribution in [-0.2, 0) is 16.0 Å². The van der Waals surface area contributed by atoms with Crippen LogP contribution in [0.3, 0.4) is 0 Å². The number of carboxylic acid groups (broad SMARTS) is 1. The fourth-order valence-electron chi connectivity index (χ4n) is 2.09. The van der Waals surface area contributed by atoms with E-state index in [0.29, 0.717) is 12.8 Å². The highest BCUT2D eigenvalue weighted by Crippen LogP contribution is 2.14. The number of carboxylic acids is 1. The average molecular weight is 307 g/mol. The van der Waals surface area contributed by atoms with Gasteiger partial charge in [0.05, 0.1) is 5.92 Å². The minimum Gasteiger partial charge on any atom is -0.481 e. The van der Waals surface area contributed by atoms with Crippen molar-refractivity contribution in [2.45, 2.75) is 52.2 Å². The van der Waals surface area contributed by atoms with E-state index in [4.69, 9.17) is 9.84 Å². The predicted octanol–water partition coefficient (Wildman–Crippen LogP) is 3.23. The van der Waals surface area contributed by atoms with Gasteiger partial charge in [-0.15, -0.1) is 0 Å². The molecule has 1 unspecified atom stereocenters. The predicted molar refractivity (Wildman–Crippen MR) is 84.7 cm³/mol. The first-order valence-corrected chi connectivity index (χ1v) is 7.43. The molecule has 0 fully saturated rings. The van der Waals surface area contributed by atoms with E-state index < -0.39 is 23.6 Å². The Labute approximate surface area is 131 Å². The van der Waals surface area contributed by atoms with E-state index >= 15 is 0 Å². The zero-order valence-corrected chi connectivity index (χ0v) is 13.6. The Morgan fingerprint density at radius 2 is 1.82 bits per heavy atom. The SMILES string of the molecule is C[C@H](CC(Cc1ccccc1)NC(=O)OC(C)(C)C)C(=O)O. The molecule has 122 valence electrons. The minimum absolute atomic E-state index is 0.289. The molecule has 2 N–H and O–H groups in total. The van der Waals surface area contributed by atoms with Gasteiger partial charge in [-0.1, -0.05) is 37.3 Å². The Bertz CT molecular complexity index is 493. The number of carbonyl (C=O) groups is 2. The monoisotopic (exact) mass is 307 g/mol. The summed E-state index contributed by atoms with van der Waals surface area (Å²) in [5, 5.41) is 11.9. The van der Waals surface area contributed by atoms with Gasteiger partial charge in [-0.3, -0.25) is 4.79 Å². The molecule has 0 spiro atoms. The van der Waals surface area contributed by atoms with Gasteiger partial charge in [-0.05, 0) is 39.2 Å². The lowest BCUT2D eigenvalue weighted by Gasteiger charge is -2.24. The van der Waals surface area contributed by atoms with Gasteiger partial charge in [0.25, 0.3) is 0 Å². The standard InChI is InChI=1S/C17H25NO4/c1-12(15(19)20)10-14(11-13-8-6-5-7-9-13)18-16(21)22-17(2,3)4/h5-9,12,14H,10-11H2,1-4H3,(H,18,21)(H,19,20)/t12-,14?/m1/s1. The lowest BCUT2D eigenvalue weighted by molar-refractivity contribution is -0.141. The molecule has 0 aromatic heterocycles. The fraction of sp³-hybridized carbons (Fsp3) is 0.529. The maximum Gasteiger partial charge on any atom is 0.407 e. The highest BCUT2D eigenvalue weighted by atomic mass is 16.6. The average Bonchev–Trinajstić information content (AvgIpc) is 2.37. The van der Waals surface area contributed by atoms with E-state index in [1.807, 2.05) is 30.3 Å². The lowest BCUT2D eigenvalue weighted by Crippen LogP contribution is -2.41. The van der Waals surface area contributed by atoms with Crippen molar-refractivity contribution in [3.63, 3.8) is 0 Å². The summed E-state index contributed by atoms with van der Waals surface area (Å²) >= 11 is 0. The molecule has 2 atom stereocenters. The van der Waals surface area contributed by atoms with Crippen molar-refractivity contribution in [2.24, 2.45) is 5.92 Å². The molecule has 1 amide bonds. The van der Waals surface area contributed by atoms with Crippen molar-refractivity contribution in [1.82, 2.24) is 5.32 Å². The Balaban J connectivity index is 2.73. The third kappa shape index (κ3) is 7.11. The number of nitrogens with one attached hydrogen (secondary N) is 1. The number of benzene rings is 1. The molecule has 0 aliphatic carbocycles. The van der Waals surface area contributed by atoms with Gasteiger partial charge < -0.3 is 15.2 Å². The number of alkyl carbamates (subject to hydrolysis) is 1. The van der Waals surface area contributed by atoms with Crippen molar-refractivity contribution in [2.75, 3.05) is 0 Å². The molecule has 0 saturated carbocycles. The summed E-state index contributed by atoms with van der Waals surface area (Å²) in [7, 11) is 0. The van der Waals surface area contributed by atoms with Crippen LogP contribution in [0.4, 0.5) is 4.79 Å². The fourth-order valence-corrected chi connectivity index (χ4v) is 2.09. The molecule has 0 saturated heterocycles. The molecule has 1 aromatic rings. The Morgan fingerprint density at radius 1 is 1.23 bits per heavy atom. The van der Waals surface area contributed by atoms with Crippen molar-refractivity contribution in [3.8, 4) is 0 Å². The van der Waals surface area contributed by atoms with Crippen LogP contribution in [0.15, 0.2) is 30.3 Å². The van der Waals surface area contributed by atoms with Crippen LogP contribution in [0.1, 0.15) is 39.7 Å². The molecule has 0 radical (unpaired) electrons. The third-order valence-electron chi connectivity index (χ3n) is 3.11. The third-order valence-corrected chi connectivity index (χ3v) is 3.11. The molecule has 5 heteroatoms. The number of rotatable bonds is 6. The second kappa shape index (κ2) is 7.82. The topological polar surface area (TPSA) is 75.6 Å². The van der Waals surface area contributed by atoms with E-state index in [9.17, 15) is 9.59 Å². The van der Waals surface area contributed by atoms with Crippen LogP contribution >= 0.6 is 0 Å². The summed E-state index contributed by atoms with van der Waals surface area (Å²) in [5.41, 5.74) is 0.459. The number of aliphatic carboxylic acids is 1. The second-order valence-corrected chi connectivity index (χ2v) is 6.51. The molecular weight excluding hydrogens is 282 g/mol. The van der Waals surface area contributed by atoms with Gasteiger partial charge in [0.15, 0.2) is 0 Å². The van der Waals surface area contributed by atoms with Crippen LogP contribution in [0.5, 0.6) is 0 Å². The normalized spacial score (nSPS) is 14.0. The quantitative estimate of drug-likeness (QED) is 0.846. The van der Waals surface area contributed by atoms with Crippen LogP contribution in [0.25, 0.3) is 0 Å². The zero-order chi connectivity index (χ0) is 16.8. The minimum atomic E-state index is -0.871. The smallest absolute Gasteiger partial charge is 0.407 e. The first kappa shape index (κ1) is 18.0. The molecule has 1 aromatic carbocycles. The number of hydrogen-bond donors (Lipinski definition) is 2. The second-order valence-electron chi connectivity index (χ2n) is 6.51. The molecule has 0 heterocycles.